The maximum absolute atomic E-state index is 12.3. The van der Waals surface area contributed by atoms with E-state index in [1.54, 1.807) is 0 Å². The van der Waals surface area contributed by atoms with Crippen molar-refractivity contribution in [1.82, 2.24) is 0 Å². The van der Waals surface area contributed by atoms with Gasteiger partial charge in [-0.15, -0.1) is 0 Å². The van der Waals surface area contributed by atoms with Crippen LogP contribution < -0.4 is 0 Å². The summed E-state index contributed by atoms with van der Waals surface area (Å²) in [6.07, 6.45) is 1.10. The second kappa shape index (κ2) is 6.43. The highest BCUT2D eigenvalue weighted by atomic mass is 16.5. The van der Waals surface area contributed by atoms with Crippen molar-refractivity contribution >= 4 is 5.78 Å². The molecule has 0 radical (unpaired) electrons. The van der Waals surface area contributed by atoms with E-state index in [0.29, 0.717) is 6.42 Å². The Hall–Kier alpha value is -0.630. The lowest BCUT2D eigenvalue weighted by Gasteiger charge is -2.32. The quantitative estimate of drug-likeness (QED) is 0.650. The van der Waals surface area contributed by atoms with Gasteiger partial charge in [0, 0.05) is 11.8 Å². The van der Waals surface area contributed by atoms with Crippen molar-refractivity contribution in [3.63, 3.8) is 0 Å². The van der Waals surface area contributed by atoms with Crippen LogP contribution in [0.3, 0.4) is 0 Å². The molecule has 0 aromatic heterocycles. The monoisotopic (exact) mass is 282 g/mol. The molecule has 0 spiro atoms. The number of Topliss-reactive ketones (excluding diaryl/α,β-unsaturated/α-hetero) is 1. The summed E-state index contributed by atoms with van der Waals surface area (Å²) in [7, 11) is 0. The molecule has 0 aromatic carbocycles. The summed E-state index contributed by atoms with van der Waals surface area (Å²) >= 11 is 0. The second-order valence-corrected chi connectivity index (χ2v) is 8.79. The van der Waals surface area contributed by atoms with Gasteiger partial charge in [-0.3, -0.25) is 4.79 Å². The fraction of sp³-hybridized carbons (Fsp3) is 0.833. The Morgan fingerprint density at radius 3 is 1.65 bits per heavy atom. The Morgan fingerprint density at radius 2 is 1.35 bits per heavy atom. The van der Waals surface area contributed by atoms with E-state index in [0.717, 1.165) is 12.0 Å². The van der Waals surface area contributed by atoms with Gasteiger partial charge in [-0.1, -0.05) is 53.7 Å². The highest BCUT2D eigenvalue weighted by molar-refractivity contribution is 5.84. The number of carbonyl (C=O) groups is 1. The predicted molar refractivity (Wildman–Crippen MR) is 86.9 cm³/mol. The summed E-state index contributed by atoms with van der Waals surface area (Å²) in [5.41, 5.74) is 0.613. The van der Waals surface area contributed by atoms with Crippen LogP contribution in [-0.2, 0) is 9.53 Å². The molecule has 2 heteroatoms. The first kappa shape index (κ1) is 19.4. The summed E-state index contributed by atoms with van der Waals surface area (Å²) in [6, 6.07) is 0. The van der Waals surface area contributed by atoms with Crippen molar-refractivity contribution in [2.75, 3.05) is 0 Å². The predicted octanol–water partition coefficient (Wildman–Crippen LogP) is 5.17. The summed E-state index contributed by atoms with van der Waals surface area (Å²) in [4.78, 5) is 12.3. The molecule has 0 aliphatic rings. The van der Waals surface area contributed by atoms with Crippen LogP contribution >= 0.6 is 0 Å². The summed E-state index contributed by atoms with van der Waals surface area (Å²) in [5, 5.41) is 0. The van der Waals surface area contributed by atoms with E-state index in [1.165, 1.54) is 0 Å². The number of carbonyl (C=O) groups excluding carboxylic acids is 1. The van der Waals surface area contributed by atoms with E-state index < -0.39 is 0 Å². The largest absolute Gasteiger partial charge is 0.372 e. The van der Waals surface area contributed by atoms with Gasteiger partial charge in [-0.2, -0.15) is 0 Å². The number of hydrogen-bond donors (Lipinski definition) is 0. The van der Waals surface area contributed by atoms with Gasteiger partial charge in [-0.05, 0) is 32.6 Å². The molecule has 0 saturated heterocycles. The zero-order chi connectivity index (χ0) is 16.4. The van der Waals surface area contributed by atoms with Gasteiger partial charge in [0.1, 0.15) is 5.78 Å². The fourth-order valence-electron chi connectivity index (χ4n) is 1.75. The summed E-state index contributed by atoms with van der Waals surface area (Å²) < 4.78 is 6.09. The van der Waals surface area contributed by atoms with Gasteiger partial charge in [-0.25, -0.2) is 0 Å². The third-order valence-corrected chi connectivity index (χ3v) is 3.30. The zero-order valence-corrected chi connectivity index (χ0v) is 15.0. The van der Waals surface area contributed by atoms with E-state index in [1.807, 2.05) is 41.5 Å². The molecule has 0 fully saturated rings. The average Bonchev–Trinajstić information content (AvgIpc) is 2.11. The minimum atomic E-state index is -0.317. The Morgan fingerprint density at radius 1 is 0.900 bits per heavy atom. The van der Waals surface area contributed by atoms with Gasteiger partial charge in [0.25, 0.3) is 0 Å². The van der Waals surface area contributed by atoms with Crippen LogP contribution in [0.5, 0.6) is 0 Å². The van der Waals surface area contributed by atoms with Crippen molar-refractivity contribution < 1.29 is 9.53 Å². The molecule has 0 aromatic rings. The first-order valence-electron chi connectivity index (χ1n) is 7.52. The summed E-state index contributed by atoms with van der Waals surface area (Å²) in [6.45, 7) is 22.6. The number of ether oxygens (including phenoxy) is 1. The van der Waals surface area contributed by atoms with Crippen molar-refractivity contribution in [1.29, 1.82) is 0 Å². The van der Waals surface area contributed by atoms with Crippen molar-refractivity contribution in [3.05, 3.63) is 12.2 Å². The van der Waals surface area contributed by atoms with Crippen molar-refractivity contribution in [3.8, 4) is 0 Å². The molecule has 118 valence electrons. The molecule has 1 atom stereocenters. The van der Waals surface area contributed by atoms with Crippen LogP contribution in [0.25, 0.3) is 0 Å². The van der Waals surface area contributed by atoms with Crippen LogP contribution in [0, 0.1) is 10.8 Å². The number of hydrogen-bond acceptors (Lipinski definition) is 2. The molecule has 1 unspecified atom stereocenters. The van der Waals surface area contributed by atoms with Crippen LogP contribution in [0.1, 0.15) is 75.2 Å². The molecule has 0 aliphatic carbocycles. The lowest BCUT2D eigenvalue weighted by molar-refractivity contribution is -0.132. The smallest absolute Gasteiger partial charge is 0.140 e. The molecule has 0 bridgehead atoms. The Bertz CT molecular complexity index is 317. The van der Waals surface area contributed by atoms with Crippen LogP contribution in [-0.4, -0.2) is 17.5 Å². The highest BCUT2D eigenvalue weighted by Gasteiger charge is 2.29. The SMILES string of the molecule is C=C(CC(CC(=O)C(C)(C)C)OC(C)(C)C)C(C)(C)C. The van der Waals surface area contributed by atoms with Crippen LogP contribution in [0.4, 0.5) is 0 Å². The number of rotatable bonds is 5. The first-order chi connectivity index (χ1) is 8.63. The molecule has 0 saturated carbocycles. The lowest BCUT2D eigenvalue weighted by Crippen LogP contribution is -2.33. The fourth-order valence-corrected chi connectivity index (χ4v) is 1.75. The molecule has 0 aliphatic heterocycles. The van der Waals surface area contributed by atoms with Gasteiger partial charge in [0.05, 0.1) is 11.7 Å². The van der Waals surface area contributed by atoms with Gasteiger partial charge >= 0.3 is 0 Å². The van der Waals surface area contributed by atoms with E-state index in [4.69, 9.17) is 4.74 Å². The molecule has 0 N–H and O–H groups in total. The first-order valence-corrected chi connectivity index (χ1v) is 7.52. The van der Waals surface area contributed by atoms with E-state index in [2.05, 4.69) is 27.4 Å². The standard InChI is InChI=1S/C18H34O2/c1-13(16(2,3)4)11-14(20-18(8,9)10)12-15(19)17(5,6)7/h14H,1,11-12H2,2-10H3. The number of ketones is 1. The van der Waals surface area contributed by atoms with Crippen molar-refractivity contribution in [2.45, 2.75) is 86.9 Å². The van der Waals surface area contributed by atoms with E-state index in [-0.39, 0.29) is 28.3 Å². The molecule has 20 heavy (non-hydrogen) atoms. The third-order valence-electron chi connectivity index (χ3n) is 3.30. The van der Waals surface area contributed by atoms with Gasteiger partial charge in [0.2, 0.25) is 0 Å². The Kier molecular flexibility index (Phi) is 6.22. The van der Waals surface area contributed by atoms with E-state index >= 15 is 0 Å². The normalized spacial score (nSPS) is 15.1. The zero-order valence-electron chi connectivity index (χ0n) is 15.0. The third kappa shape index (κ3) is 7.84. The average molecular weight is 282 g/mol. The Balaban J connectivity index is 4.93. The molecular formula is C18H34O2. The second-order valence-electron chi connectivity index (χ2n) is 8.79. The molecule has 2 nitrogen and oxygen atoms in total. The molecular weight excluding hydrogens is 248 g/mol. The van der Waals surface area contributed by atoms with Crippen molar-refractivity contribution in [2.24, 2.45) is 10.8 Å². The van der Waals surface area contributed by atoms with Crippen LogP contribution in [0.15, 0.2) is 12.2 Å². The van der Waals surface area contributed by atoms with Crippen LogP contribution in [0.2, 0.25) is 0 Å². The van der Waals surface area contributed by atoms with E-state index in [9.17, 15) is 4.79 Å². The minimum Gasteiger partial charge on any atom is -0.372 e. The van der Waals surface area contributed by atoms with Gasteiger partial charge in [0.15, 0.2) is 0 Å². The maximum Gasteiger partial charge on any atom is 0.140 e. The molecule has 0 heterocycles. The lowest BCUT2D eigenvalue weighted by atomic mass is 9.81. The molecule has 0 rings (SSSR count). The minimum absolute atomic E-state index is 0.0459. The highest BCUT2D eigenvalue weighted by Crippen LogP contribution is 2.31. The maximum atomic E-state index is 12.3. The molecule has 0 amide bonds. The topological polar surface area (TPSA) is 26.3 Å². The summed E-state index contributed by atoms with van der Waals surface area (Å²) in [5.74, 6) is 0.244. The van der Waals surface area contributed by atoms with Gasteiger partial charge < -0.3 is 4.74 Å². The Labute approximate surface area is 126 Å².